The summed E-state index contributed by atoms with van der Waals surface area (Å²) >= 11 is 1.28. The van der Waals surface area contributed by atoms with Crippen LogP contribution in [0.1, 0.15) is 26.5 Å². The van der Waals surface area contributed by atoms with Crippen molar-refractivity contribution in [3.8, 4) is 0 Å². The van der Waals surface area contributed by atoms with Gasteiger partial charge in [0.15, 0.2) is 12.3 Å². The fraction of sp³-hybridized carbons (Fsp3) is 0.286. The van der Waals surface area contributed by atoms with E-state index >= 15 is 0 Å². The van der Waals surface area contributed by atoms with E-state index in [1.807, 2.05) is 20.8 Å². The fourth-order valence-electron chi connectivity index (χ4n) is 2.29. The Morgan fingerprint density at radius 2 is 2.09 bits per heavy atom. The van der Waals surface area contributed by atoms with Crippen molar-refractivity contribution in [1.29, 1.82) is 0 Å². The summed E-state index contributed by atoms with van der Waals surface area (Å²) < 4.78 is 6.42. The average molecular weight is 318 g/mol. The number of fused-ring (bicyclic) bond motifs is 1. The van der Waals surface area contributed by atoms with Crippen LogP contribution in [0.2, 0.25) is 0 Å². The molecule has 114 valence electrons. The highest BCUT2D eigenvalue weighted by atomic mass is 32.1. The van der Waals surface area contributed by atoms with Gasteiger partial charge in [-0.1, -0.05) is 4.68 Å². The predicted octanol–water partition coefficient (Wildman–Crippen LogP) is 1.87. The maximum Gasteiger partial charge on any atom is 0.302 e. The molecule has 3 aromatic rings. The molecule has 0 aliphatic carbocycles. The van der Waals surface area contributed by atoms with E-state index in [1.165, 1.54) is 16.0 Å². The fourth-order valence-corrected chi connectivity index (χ4v) is 3.38. The monoisotopic (exact) mass is 318 g/mol. The van der Waals surface area contributed by atoms with E-state index in [0.717, 1.165) is 27.0 Å². The van der Waals surface area contributed by atoms with Crippen molar-refractivity contribution in [2.75, 3.05) is 11.1 Å². The number of rotatable bonds is 2. The number of carbonyl (C=O) groups excluding carboxylic acids is 1. The molecule has 0 aliphatic rings. The van der Waals surface area contributed by atoms with Crippen LogP contribution >= 0.6 is 11.3 Å². The van der Waals surface area contributed by atoms with Gasteiger partial charge >= 0.3 is 5.88 Å². The van der Waals surface area contributed by atoms with Crippen molar-refractivity contribution in [1.82, 2.24) is 10.3 Å². The van der Waals surface area contributed by atoms with Crippen molar-refractivity contribution in [2.45, 2.75) is 20.8 Å². The lowest BCUT2D eigenvalue weighted by atomic mass is 10.1. The number of nitrogens with one attached hydrogen (secondary N) is 1. The number of carbonyl (C=O) groups is 1. The van der Waals surface area contributed by atoms with Gasteiger partial charge in [0.2, 0.25) is 0 Å². The number of thiophene rings is 1. The first kappa shape index (κ1) is 14.5. The third-order valence-corrected chi connectivity index (χ3v) is 4.79. The summed E-state index contributed by atoms with van der Waals surface area (Å²) in [4.78, 5) is 18.1. The second-order valence-corrected chi connectivity index (χ2v) is 6.17. The zero-order chi connectivity index (χ0) is 16.0. The summed E-state index contributed by atoms with van der Waals surface area (Å²) in [7, 11) is 1.70. The van der Waals surface area contributed by atoms with E-state index in [1.54, 1.807) is 13.2 Å². The number of pyridine rings is 1. The lowest BCUT2D eigenvalue weighted by Crippen LogP contribution is -2.28. The lowest BCUT2D eigenvalue weighted by molar-refractivity contribution is -0.739. The molecule has 0 aliphatic heterocycles. The quantitative estimate of drug-likeness (QED) is 0.703. The number of nitrogens with zero attached hydrogens (tertiary/aromatic N) is 3. The van der Waals surface area contributed by atoms with Crippen LogP contribution in [0, 0.1) is 20.8 Å². The van der Waals surface area contributed by atoms with E-state index in [-0.39, 0.29) is 11.8 Å². The molecule has 0 saturated carbocycles. The van der Waals surface area contributed by atoms with Gasteiger partial charge in [0.1, 0.15) is 9.71 Å². The van der Waals surface area contributed by atoms with E-state index in [2.05, 4.69) is 15.6 Å². The van der Waals surface area contributed by atoms with Gasteiger partial charge in [-0.15, -0.1) is 11.3 Å². The van der Waals surface area contributed by atoms with E-state index in [0.29, 0.717) is 10.6 Å². The molecule has 0 atom stereocenters. The number of aromatic nitrogens is 3. The van der Waals surface area contributed by atoms with Crippen LogP contribution in [0.25, 0.3) is 10.2 Å². The molecule has 3 N–H and O–H groups in total. The Bertz CT molecular complexity index is 896. The molecular formula is C14H16N5O2S+. The topological polar surface area (TPSA) is 97.9 Å². The second-order valence-electron chi connectivity index (χ2n) is 5.17. The Morgan fingerprint density at radius 1 is 1.36 bits per heavy atom. The smallest absolute Gasteiger partial charge is 0.302 e. The lowest BCUT2D eigenvalue weighted by Gasteiger charge is -2.05. The Kier molecular flexibility index (Phi) is 3.32. The molecule has 0 fully saturated rings. The molecule has 3 aromatic heterocycles. The Labute approximate surface area is 130 Å². The minimum atomic E-state index is -0.327. The van der Waals surface area contributed by atoms with Crippen molar-refractivity contribution in [3.05, 3.63) is 27.9 Å². The summed E-state index contributed by atoms with van der Waals surface area (Å²) in [6.07, 6.45) is 1.57. The average Bonchev–Trinajstić information content (AvgIpc) is 3.00. The highest BCUT2D eigenvalue weighted by Crippen LogP contribution is 2.36. The highest BCUT2D eigenvalue weighted by molar-refractivity contribution is 7.21. The van der Waals surface area contributed by atoms with Gasteiger partial charge in [-0.25, -0.2) is 4.98 Å². The van der Waals surface area contributed by atoms with Crippen molar-refractivity contribution in [2.24, 2.45) is 7.05 Å². The number of aryl methyl sites for hydroxylation is 3. The van der Waals surface area contributed by atoms with Crippen LogP contribution in [0.15, 0.2) is 10.7 Å². The zero-order valence-corrected chi connectivity index (χ0v) is 13.5. The van der Waals surface area contributed by atoms with Crippen LogP contribution in [0.5, 0.6) is 0 Å². The third-order valence-electron chi connectivity index (χ3n) is 3.69. The van der Waals surface area contributed by atoms with Crippen LogP contribution in [-0.2, 0) is 7.05 Å². The summed E-state index contributed by atoms with van der Waals surface area (Å²) in [5, 5.41) is 7.14. The van der Waals surface area contributed by atoms with Crippen LogP contribution in [-0.4, -0.2) is 16.2 Å². The number of hydrogen-bond donors (Lipinski definition) is 2. The molecule has 0 bridgehead atoms. The molecule has 0 aromatic carbocycles. The zero-order valence-electron chi connectivity index (χ0n) is 12.7. The van der Waals surface area contributed by atoms with Crippen molar-refractivity contribution >= 4 is 39.0 Å². The summed E-state index contributed by atoms with van der Waals surface area (Å²) in [5.74, 6) is -0.0617. The standard InChI is InChI=1S/C14H15N5O2S/c1-6-7(2)10-11(15)12(22-14(10)16-8(6)3)13(20)17-9-5-19(4)18-21-9/h5H,1-4H3,(H2-,15,17,18,20)/p+1. The first-order chi connectivity index (χ1) is 10.4. The molecule has 8 heteroatoms. The largest absolute Gasteiger partial charge is 0.397 e. The Balaban J connectivity index is 2.06. The molecule has 3 rings (SSSR count). The maximum absolute atomic E-state index is 12.4. The molecule has 0 radical (unpaired) electrons. The van der Waals surface area contributed by atoms with Crippen molar-refractivity contribution in [3.63, 3.8) is 0 Å². The van der Waals surface area contributed by atoms with Gasteiger partial charge < -0.3 is 5.73 Å². The minimum Gasteiger partial charge on any atom is -0.397 e. The number of nitrogen functional groups attached to an aromatic ring is 1. The molecule has 22 heavy (non-hydrogen) atoms. The number of nitrogens with two attached hydrogens (primary N) is 1. The minimum absolute atomic E-state index is 0.265. The number of anilines is 2. The van der Waals surface area contributed by atoms with E-state index in [4.69, 9.17) is 10.3 Å². The number of hydrogen-bond acceptors (Lipinski definition) is 6. The Morgan fingerprint density at radius 3 is 2.73 bits per heavy atom. The van der Waals surface area contributed by atoms with Crippen molar-refractivity contribution < 1.29 is 14.0 Å². The molecule has 1 amide bonds. The molecule has 0 unspecified atom stereocenters. The van der Waals surface area contributed by atoms with Gasteiger partial charge in [0.25, 0.3) is 12.1 Å². The molecule has 7 nitrogen and oxygen atoms in total. The highest BCUT2D eigenvalue weighted by Gasteiger charge is 2.22. The van der Waals surface area contributed by atoms with Gasteiger partial charge in [-0.05, 0) is 31.9 Å². The summed E-state index contributed by atoms with van der Waals surface area (Å²) in [5.41, 5.74) is 9.72. The SMILES string of the molecule is Cc1nc2sc(C(=O)Nc3c[n+](C)no3)c(N)c2c(C)c1C. The van der Waals surface area contributed by atoms with Crippen LogP contribution in [0.4, 0.5) is 11.6 Å². The third kappa shape index (κ3) is 2.21. The molecular weight excluding hydrogens is 302 g/mol. The normalized spacial score (nSPS) is 11.1. The maximum atomic E-state index is 12.4. The summed E-state index contributed by atoms with van der Waals surface area (Å²) in [6, 6.07) is 0. The second kappa shape index (κ2) is 5.06. The van der Waals surface area contributed by atoms with Crippen LogP contribution in [0.3, 0.4) is 0 Å². The van der Waals surface area contributed by atoms with E-state index in [9.17, 15) is 4.79 Å². The predicted molar refractivity (Wildman–Crippen MR) is 83.9 cm³/mol. The molecule has 3 heterocycles. The Hall–Kier alpha value is -2.48. The number of amides is 1. The first-order valence-electron chi connectivity index (χ1n) is 6.68. The van der Waals surface area contributed by atoms with E-state index < -0.39 is 0 Å². The van der Waals surface area contributed by atoms with Gasteiger partial charge in [-0.3, -0.25) is 14.6 Å². The first-order valence-corrected chi connectivity index (χ1v) is 7.50. The summed E-state index contributed by atoms with van der Waals surface area (Å²) in [6.45, 7) is 5.95. The molecule has 0 saturated heterocycles. The van der Waals surface area contributed by atoms with Gasteiger partial charge in [0.05, 0.1) is 5.69 Å². The molecule has 0 spiro atoms. The van der Waals surface area contributed by atoms with Gasteiger partial charge in [0, 0.05) is 11.1 Å². The van der Waals surface area contributed by atoms with Gasteiger partial charge in [-0.2, -0.15) is 0 Å². The van der Waals surface area contributed by atoms with Crippen LogP contribution < -0.4 is 15.7 Å².